The second-order valence-corrected chi connectivity index (χ2v) is 4.69. The van der Waals surface area contributed by atoms with E-state index in [4.69, 9.17) is 4.74 Å². The van der Waals surface area contributed by atoms with Crippen LogP contribution in [-0.4, -0.2) is 43.6 Å². The van der Waals surface area contributed by atoms with Crippen LogP contribution >= 0.6 is 0 Å². The van der Waals surface area contributed by atoms with Gasteiger partial charge in [-0.15, -0.1) is 0 Å². The van der Waals surface area contributed by atoms with Gasteiger partial charge in [0, 0.05) is 25.2 Å². The van der Waals surface area contributed by atoms with Crippen molar-refractivity contribution in [2.24, 2.45) is 0 Å². The fraction of sp³-hybridized carbons (Fsp3) is 0.500. The van der Waals surface area contributed by atoms with Crippen molar-refractivity contribution in [2.45, 2.75) is 18.9 Å². The minimum absolute atomic E-state index is 0.0380. The number of carbonyl (C=O) groups excluding carboxylic acids is 1. The molecule has 1 N–H and O–H groups in total. The quantitative estimate of drug-likeness (QED) is 0.876. The number of hydrogen-bond donors (Lipinski definition) is 1. The molecule has 4 nitrogen and oxygen atoms in total. The topological polar surface area (TPSA) is 41.6 Å². The molecule has 1 aliphatic rings. The SMILES string of the molecule is CNC[C@@H]1CCCN1C(=O)COc1cccc(F)c1. The first-order valence-corrected chi connectivity index (χ1v) is 6.53. The van der Waals surface area contributed by atoms with Crippen molar-refractivity contribution in [3.63, 3.8) is 0 Å². The second-order valence-electron chi connectivity index (χ2n) is 4.69. The van der Waals surface area contributed by atoms with E-state index in [1.165, 1.54) is 12.1 Å². The molecule has 1 fully saturated rings. The lowest BCUT2D eigenvalue weighted by molar-refractivity contribution is -0.134. The monoisotopic (exact) mass is 266 g/mol. The lowest BCUT2D eigenvalue weighted by Gasteiger charge is -2.24. The van der Waals surface area contributed by atoms with Crippen LogP contribution in [0.15, 0.2) is 24.3 Å². The fourth-order valence-electron chi connectivity index (χ4n) is 2.40. The van der Waals surface area contributed by atoms with Gasteiger partial charge in [-0.3, -0.25) is 4.79 Å². The van der Waals surface area contributed by atoms with Crippen LogP contribution in [0.1, 0.15) is 12.8 Å². The number of benzene rings is 1. The molecule has 2 rings (SSSR count). The molecule has 0 bridgehead atoms. The first-order chi connectivity index (χ1) is 9.20. The van der Waals surface area contributed by atoms with Crippen molar-refractivity contribution in [3.8, 4) is 5.75 Å². The molecule has 1 saturated heterocycles. The lowest BCUT2D eigenvalue weighted by Crippen LogP contribution is -2.43. The summed E-state index contributed by atoms with van der Waals surface area (Å²) in [6.07, 6.45) is 2.05. The van der Waals surface area contributed by atoms with E-state index in [1.54, 1.807) is 12.1 Å². The maximum atomic E-state index is 13.0. The summed E-state index contributed by atoms with van der Waals surface area (Å²) in [5.74, 6) is -0.0149. The number of ether oxygens (including phenoxy) is 1. The van der Waals surface area contributed by atoms with Crippen molar-refractivity contribution < 1.29 is 13.9 Å². The van der Waals surface area contributed by atoms with E-state index in [9.17, 15) is 9.18 Å². The summed E-state index contributed by atoms with van der Waals surface area (Å²) in [5, 5.41) is 3.09. The van der Waals surface area contributed by atoms with Crippen LogP contribution in [0.5, 0.6) is 5.75 Å². The summed E-state index contributed by atoms with van der Waals surface area (Å²) in [5.41, 5.74) is 0. The van der Waals surface area contributed by atoms with Gasteiger partial charge in [-0.25, -0.2) is 4.39 Å². The van der Waals surface area contributed by atoms with Crippen LogP contribution in [0.2, 0.25) is 0 Å². The number of hydrogen-bond acceptors (Lipinski definition) is 3. The highest BCUT2D eigenvalue weighted by molar-refractivity contribution is 5.78. The van der Waals surface area contributed by atoms with Gasteiger partial charge in [0.2, 0.25) is 0 Å². The Morgan fingerprint density at radius 1 is 1.58 bits per heavy atom. The maximum Gasteiger partial charge on any atom is 0.260 e. The van der Waals surface area contributed by atoms with E-state index in [0.717, 1.165) is 25.9 Å². The van der Waals surface area contributed by atoms with Crippen molar-refractivity contribution in [2.75, 3.05) is 26.7 Å². The zero-order valence-corrected chi connectivity index (χ0v) is 11.1. The first-order valence-electron chi connectivity index (χ1n) is 6.53. The largest absolute Gasteiger partial charge is 0.484 e. The van der Waals surface area contributed by atoms with Gasteiger partial charge in [0.15, 0.2) is 6.61 Å². The average molecular weight is 266 g/mol. The standard InChI is InChI=1S/C14H19FN2O2/c1-16-9-12-5-3-7-17(12)14(18)10-19-13-6-2-4-11(15)8-13/h2,4,6,8,12,16H,3,5,7,9-10H2,1H3/t12-/m0/s1. The summed E-state index contributed by atoms with van der Waals surface area (Å²) in [6.45, 7) is 1.53. The molecule has 1 atom stereocenters. The summed E-state index contributed by atoms with van der Waals surface area (Å²) < 4.78 is 18.3. The average Bonchev–Trinajstić information content (AvgIpc) is 2.85. The molecule has 1 aliphatic heterocycles. The van der Waals surface area contributed by atoms with E-state index >= 15 is 0 Å². The Kier molecular flexibility index (Phi) is 4.74. The molecule has 1 aromatic rings. The van der Waals surface area contributed by atoms with Gasteiger partial charge in [-0.1, -0.05) is 6.07 Å². The zero-order chi connectivity index (χ0) is 13.7. The predicted octanol–water partition coefficient (Wildman–Crippen LogP) is 1.41. The molecular formula is C14H19FN2O2. The fourth-order valence-corrected chi connectivity index (χ4v) is 2.40. The van der Waals surface area contributed by atoms with Crippen LogP contribution in [0, 0.1) is 5.82 Å². The van der Waals surface area contributed by atoms with E-state index in [0.29, 0.717) is 5.75 Å². The van der Waals surface area contributed by atoms with E-state index in [-0.39, 0.29) is 24.4 Å². The van der Waals surface area contributed by atoms with Gasteiger partial charge in [0.25, 0.3) is 5.91 Å². The molecule has 19 heavy (non-hydrogen) atoms. The van der Waals surface area contributed by atoms with Gasteiger partial charge >= 0.3 is 0 Å². The molecule has 0 aromatic heterocycles. The number of likely N-dealkylation sites (tertiary alicyclic amines) is 1. The molecule has 0 saturated carbocycles. The minimum atomic E-state index is -0.362. The Labute approximate surface area is 112 Å². The van der Waals surface area contributed by atoms with E-state index in [2.05, 4.69) is 5.32 Å². The minimum Gasteiger partial charge on any atom is -0.484 e. The van der Waals surface area contributed by atoms with Crippen LogP contribution in [0.25, 0.3) is 0 Å². The van der Waals surface area contributed by atoms with Crippen molar-refractivity contribution in [1.82, 2.24) is 10.2 Å². The Morgan fingerprint density at radius 2 is 2.42 bits per heavy atom. The summed E-state index contributed by atoms with van der Waals surface area (Å²) >= 11 is 0. The van der Waals surface area contributed by atoms with Crippen molar-refractivity contribution in [1.29, 1.82) is 0 Å². The number of nitrogens with one attached hydrogen (secondary N) is 1. The van der Waals surface area contributed by atoms with E-state index < -0.39 is 0 Å². The molecule has 0 aliphatic carbocycles. The molecule has 0 unspecified atom stereocenters. The summed E-state index contributed by atoms with van der Waals surface area (Å²) in [4.78, 5) is 13.9. The second kappa shape index (κ2) is 6.52. The number of rotatable bonds is 5. The van der Waals surface area contributed by atoms with Gasteiger partial charge < -0.3 is 15.0 Å². The van der Waals surface area contributed by atoms with Crippen molar-refractivity contribution >= 4 is 5.91 Å². The molecule has 5 heteroatoms. The molecule has 1 heterocycles. The van der Waals surface area contributed by atoms with Crippen LogP contribution in [-0.2, 0) is 4.79 Å². The highest BCUT2D eigenvalue weighted by atomic mass is 19.1. The summed E-state index contributed by atoms with van der Waals surface area (Å²) in [7, 11) is 1.88. The predicted molar refractivity (Wildman–Crippen MR) is 70.6 cm³/mol. The van der Waals surface area contributed by atoms with Gasteiger partial charge in [-0.2, -0.15) is 0 Å². The molecule has 0 spiro atoms. The van der Waals surface area contributed by atoms with Gasteiger partial charge in [0.05, 0.1) is 0 Å². The highest BCUT2D eigenvalue weighted by Gasteiger charge is 2.28. The Morgan fingerprint density at radius 3 is 3.16 bits per heavy atom. The summed E-state index contributed by atoms with van der Waals surface area (Å²) in [6, 6.07) is 6.08. The number of halogens is 1. The van der Waals surface area contributed by atoms with Gasteiger partial charge in [-0.05, 0) is 32.0 Å². The number of likely N-dealkylation sites (N-methyl/N-ethyl adjacent to an activating group) is 1. The Balaban J connectivity index is 1.87. The molecular weight excluding hydrogens is 247 g/mol. The Bertz CT molecular complexity index is 439. The normalized spacial score (nSPS) is 18.6. The third-order valence-corrected chi connectivity index (χ3v) is 3.30. The van der Waals surface area contributed by atoms with Crippen LogP contribution in [0.3, 0.4) is 0 Å². The third kappa shape index (κ3) is 3.67. The highest BCUT2D eigenvalue weighted by Crippen LogP contribution is 2.17. The van der Waals surface area contributed by atoms with E-state index in [1.807, 2.05) is 11.9 Å². The number of nitrogens with zero attached hydrogens (tertiary/aromatic N) is 1. The third-order valence-electron chi connectivity index (χ3n) is 3.30. The van der Waals surface area contributed by atoms with Gasteiger partial charge in [0.1, 0.15) is 11.6 Å². The molecule has 0 radical (unpaired) electrons. The zero-order valence-electron chi connectivity index (χ0n) is 11.1. The first kappa shape index (κ1) is 13.8. The van der Waals surface area contributed by atoms with Crippen molar-refractivity contribution in [3.05, 3.63) is 30.1 Å². The van der Waals surface area contributed by atoms with Crippen LogP contribution in [0.4, 0.5) is 4.39 Å². The molecule has 1 aromatic carbocycles. The molecule has 104 valence electrons. The number of amides is 1. The lowest BCUT2D eigenvalue weighted by atomic mass is 10.2. The molecule has 1 amide bonds. The maximum absolute atomic E-state index is 13.0. The smallest absolute Gasteiger partial charge is 0.260 e. The number of carbonyl (C=O) groups is 1. The Hall–Kier alpha value is -1.62. The van der Waals surface area contributed by atoms with Crippen LogP contribution < -0.4 is 10.1 Å².